The first kappa shape index (κ1) is 27.7. The van der Waals surface area contributed by atoms with E-state index in [9.17, 15) is 4.79 Å². The number of aryl methyl sites for hydroxylation is 1. The van der Waals surface area contributed by atoms with Gasteiger partial charge in [0.15, 0.2) is 0 Å². The zero-order valence-corrected chi connectivity index (χ0v) is 20.3. The van der Waals surface area contributed by atoms with E-state index in [0.717, 1.165) is 38.0 Å². The van der Waals surface area contributed by atoms with E-state index < -0.39 is 5.97 Å². The van der Waals surface area contributed by atoms with Crippen LogP contribution in [0.2, 0.25) is 0 Å². The highest BCUT2D eigenvalue weighted by atomic mass is 16.5. The van der Waals surface area contributed by atoms with Crippen molar-refractivity contribution in [3.8, 4) is 5.75 Å². The monoisotopic (exact) mass is 441 g/mol. The quantitative estimate of drug-likeness (QED) is 0.287. The maximum absolute atomic E-state index is 10.1. The number of hydrogen-bond donors (Lipinski definition) is 2. The molecule has 0 radical (unpaired) electrons. The van der Waals surface area contributed by atoms with Gasteiger partial charge >= 0.3 is 5.97 Å². The molecule has 0 bridgehead atoms. The first-order valence-electron chi connectivity index (χ1n) is 12.3. The molecular formula is C28H43NO3. The molecule has 32 heavy (non-hydrogen) atoms. The second-order valence-electron chi connectivity index (χ2n) is 8.24. The van der Waals surface area contributed by atoms with Crippen LogP contribution in [0.15, 0.2) is 54.6 Å². The summed E-state index contributed by atoms with van der Waals surface area (Å²) in [6.07, 6.45) is 10.9. The predicted molar refractivity (Wildman–Crippen MR) is 134 cm³/mol. The Balaban J connectivity index is 0.000000368. The van der Waals surface area contributed by atoms with Crippen LogP contribution in [0.25, 0.3) is 0 Å². The van der Waals surface area contributed by atoms with Crippen LogP contribution < -0.4 is 10.1 Å². The van der Waals surface area contributed by atoms with E-state index in [2.05, 4.69) is 61.6 Å². The second-order valence-corrected chi connectivity index (χ2v) is 8.24. The van der Waals surface area contributed by atoms with Gasteiger partial charge in [-0.3, -0.25) is 4.79 Å². The van der Waals surface area contributed by atoms with Crippen LogP contribution in [0.3, 0.4) is 0 Å². The smallest absolute Gasteiger partial charge is 0.303 e. The highest BCUT2D eigenvalue weighted by Gasteiger charge is 2.12. The molecule has 0 aliphatic rings. The zero-order valence-electron chi connectivity index (χ0n) is 20.3. The van der Waals surface area contributed by atoms with Crippen molar-refractivity contribution in [1.82, 2.24) is 5.32 Å². The van der Waals surface area contributed by atoms with Crippen LogP contribution in [-0.4, -0.2) is 24.7 Å². The third kappa shape index (κ3) is 13.2. The van der Waals surface area contributed by atoms with Crippen molar-refractivity contribution in [2.24, 2.45) is 0 Å². The summed E-state index contributed by atoms with van der Waals surface area (Å²) < 4.78 is 6.17. The van der Waals surface area contributed by atoms with Gasteiger partial charge in [-0.25, -0.2) is 0 Å². The number of carboxylic acid groups (broad SMARTS) is 1. The van der Waals surface area contributed by atoms with Crippen molar-refractivity contribution in [2.45, 2.75) is 84.2 Å². The Bertz CT molecular complexity index is 718. The number of carboxylic acids is 1. The molecule has 0 heterocycles. The second kappa shape index (κ2) is 18.3. The minimum atomic E-state index is -0.663. The van der Waals surface area contributed by atoms with Crippen molar-refractivity contribution in [1.29, 1.82) is 0 Å². The third-order valence-corrected chi connectivity index (χ3v) is 5.27. The van der Waals surface area contributed by atoms with E-state index in [0.29, 0.717) is 6.42 Å². The molecule has 1 unspecified atom stereocenters. The first-order chi connectivity index (χ1) is 15.6. The van der Waals surface area contributed by atoms with Crippen LogP contribution in [-0.2, 0) is 11.2 Å². The molecule has 2 N–H and O–H groups in total. The number of unbranched alkanes of at least 4 members (excludes halogenated alkanes) is 6. The lowest BCUT2D eigenvalue weighted by Gasteiger charge is -2.19. The Morgan fingerprint density at radius 2 is 1.59 bits per heavy atom. The van der Waals surface area contributed by atoms with E-state index in [-0.39, 0.29) is 6.10 Å². The highest BCUT2D eigenvalue weighted by molar-refractivity contribution is 5.66. The third-order valence-electron chi connectivity index (χ3n) is 5.27. The lowest BCUT2D eigenvalue weighted by molar-refractivity contribution is -0.137. The van der Waals surface area contributed by atoms with Crippen molar-refractivity contribution >= 4 is 5.97 Å². The maximum atomic E-state index is 10.1. The minimum absolute atomic E-state index is 0.0399. The normalized spacial score (nSPS) is 11.3. The van der Waals surface area contributed by atoms with E-state index in [1.807, 2.05) is 19.2 Å². The standard InChI is InChI=1S/C18H23NO.C10H20O2/c1-3-8-15-9-7-12-17(13-15)20-18(14-19-2)16-10-5-4-6-11-16;1-2-3-4-5-6-7-8-9-10(11)12/h4-7,9-13,18-19H,3,8,14H2,1-2H3;2-9H2,1H3,(H,11,12). The Morgan fingerprint density at radius 1 is 0.906 bits per heavy atom. The van der Waals surface area contributed by atoms with Crippen LogP contribution >= 0.6 is 0 Å². The SMILES string of the molecule is CCCCCCCCCC(=O)O.CCCc1cccc(OC(CNC)c2ccccc2)c1. The Labute approximate surface area is 195 Å². The maximum Gasteiger partial charge on any atom is 0.303 e. The highest BCUT2D eigenvalue weighted by Crippen LogP contribution is 2.23. The van der Waals surface area contributed by atoms with Gasteiger partial charge in [-0.2, -0.15) is 0 Å². The topological polar surface area (TPSA) is 58.6 Å². The van der Waals surface area contributed by atoms with Gasteiger partial charge < -0.3 is 15.2 Å². The summed E-state index contributed by atoms with van der Waals surface area (Å²) in [5, 5.41) is 11.6. The molecule has 4 heteroatoms. The average molecular weight is 442 g/mol. The van der Waals surface area contributed by atoms with Crippen LogP contribution in [0.4, 0.5) is 0 Å². The number of carbonyl (C=O) groups is 1. The van der Waals surface area contributed by atoms with Crippen molar-refractivity contribution < 1.29 is 14.6 Å². The van der Waals surface area contributed by atoms with Gasteiger partial charge in [0.2, 0.25) is 0 Å². The Morgan fingerprint density at radius 3 is 2.22 bits per heavy atom. The van der Waals surface area contributed by atoms with E-state index in [1.165, 1.54) is 43.2 Å². The lowest BCUT2D eigenvalue weighted by atomic mass is 10.1. The molecule has 0 amide bonds. The fraction of sp³-hybridized carbons (Fsp3) is 0.536. The molecule has 0 fully saturated rings. The molecule has 0 spiro atoms. The molecule has 1 atom stereocenters. The number of likely N-dealkylation sites (N-methyl/N-ethyl adjacent to an activating group) is 1. The van der Waals surface area contributed by atoms with Crippen molar-refractivity contribution in [3.05, 3.63) is 65.7 Å². The summed E-state index contributed by atoms with van der Waals surface area (Å²) in [7, 11) is 1.95. The van der Waals surface area contributed by atoms with Gasteiger partial charge in [0.25, 0.3) is 0 Å². The van der Waals surface area contributed by atoms with E-state index >= 15 is 0 Å². The summed E-state index contributed by atoms with van der Waals surface area (Å²) in [5.74, 6) is 0.281. The first-order valence-corrected chi connectivity index (χ1v) is 12.3. The molecular weight excluding hydrogens is 398 g/mol. The number of benzene rings is 2. The van der Waals surface area contributed by atoms with Gasteiger partial charge in [0.1, 0.15) is 11.9 Å². The summed E-state index contributed by atoms with van der Waals surface area (Å²) in [5.41, 5.74) is 2.53. The van der Waals surface area contributed by atoms with Crippen molar-refractivity contribution in [3.63, 3.8) is 0 Å². The number of ether oxygens (including phenoxy) is 1. The van der Waals surface area contributed by atoms with Gasteiger partial charge in [-0.1, -0.05) is 101 Å². The van der Waals surface area contributed by atoms with Gasteiger partial charge in [0, 0.05) is 13.0 Å². The molecule has 2 aromatic carbocycles. The van der Waals surface area contributed by atoms with Gasteiger partial charge in [-0.05, 0) is 43.1 Å². The summed E-state index contributed by atoms with van der Waals surface area (Å²) in [6.45, 7) is 5.19. The Kier molecular flexibility index (Phi) is 15.8. The molecule has 2 aromatic rings. The largest absolute Gasteiger partial charge is 0.484 e. The predicted octanol–water partition coefficient (Wildman–Crippen LogP) is 7.19. The van der Waals surface area contributed by atoms with Gasteiger partial charge in [0.05, 0.1) is 0 Å². The van der Waals surface area contributed by atoms with Crippen LogP contribution in [0.1, 0.15) is 88.9 Å². The molecule has 0 saturated heterocycles. The fourth-order valence-electron chi connectivity index (χ4n) is 3.54. The van der Waals surface area contributed by atoms with Gasteiger partial charge in [-0.15, -0.1) is 0 Å². The molecule has 0 aliphatic heterocycles. The minimum Gasteiger partial charge on any atom is -0.484 e. The summed E-state index contributed by atoms with van der Waals surface area (Å²) in [6, 6.07) is 18.8. The molecule has 0 aromatic heterocycles. The van der Waals surface area contributed by atoms with Crippen LogP contribution in [0.5, 0.6) is 5.75 Å². The molecule has 2 rings (SSSR count). The van der Waals surface area contributed by atoms with E-state index in [4.69, 9.17) is 9.84 Å². The molecule has 4 nitrogen and oxygen atoms in total. The summed E-state index contributed by atoms with van der Waals surface area (Å²) in [4.78, 5) is 10.1. The Hall–Kier alpha value is -2.33. The number of aliphatic carboxylic acids is 1. The number of rotatable bonds is 15. The molecule has 178 valence electrons. The molecule has 0 saturated carbocycles. The number of hydrogen-bond acceptors (Lipinski definition) is 3. The lowest BCUT2D eigenvalue weighted by Crippen LogP contribution is -2.21. The summed E-state index contributed by atoms with van der Waals surface area (Å²) >= 11 is 0. The zero-order chi connectivity index (χ0) is 23.4. The van der Waals surface area contributed by atoms with Crippen LogP contribution in [0, 0.1) is 0 Å². The van der Waals surface area contributed by atoms with E-state index in [1.54, 1.807) is 0 Å². The van der Waals surface area contributed by atoms with Crippen molar-refractivity contribution in [2.75, 3.05) is 13.6 Å². The average Bonchev–Trinajstić information content (AvgIpc) is 2.80. The number of nitrogens with one attached hydrogen (secondary N) is 1. The fourth-order valence-corrected chi connectivity index (χ4v) is 3.54. The molecule has 0 aliphatic carbocycles.